The minimum Gasteiger partial charge on any atom is -0.328 e. The van der Waals surface area contributed by atoms with Crippen LogP contribution in [-0.2, 0) is 10.5 Å². The molecule has 2 atom stereocenters. The topological polar surface area (TPSA) is 84.7 Å². The van der Waals surface area contributed by atoms with Gasteiger partial charge in [-0.1, -0.05) is 54.7 Å². The summed E-state index contributed by atoms with van der Waals surface area (Å²) >= 11 is 1.33. The summed E-state index contributed by atoms with van der Waals surface area (Å²) in [6.07, 6.45) is 3.35. The fourth-order valence-corrected chi connectivity index (χ4v) is 4.71. The van der Waals surface area contributed by atoms with Crippen LogP contribution in [0.2, 0.25) is 0 Å². The van der Waals surface area contributed by atoms with Crippen LogP contribution < -0.4 is 10.6 Å². The monoisotopic (exact) mass is 472 g/mol. The van der Waals surface area contributed by atoms with Crippen molar-refractivity contribution in [2.45, 2.75) is 17.0 Å². The smallest absolute Gasteiger partial charge is 0.235 e. The Hall–Kier alpha value is -3.98. The molecule has 170 valence electrons. The Labute approximate surface area is 200 Å². The number of nitrogens with zero attached hydrogens (tertiary/aromatic N) is 4. The van der Waals surface area contributed by atoms with E-state index < -0.39 is 12.0 Å². The number of pyridine rings is 1. The van der Waals surface area contributed by atoms with Gasteiger partial charge in [0.15, 0.2) is 0 Å². The summed E-state index contributed by atoms with van der Waals surface area (Å²) in [7, 11) is 0. The third-order valence-corrected chi connectivity index (χ3v) is 6.41. The molecule has 34 heavy (non-hydrogen) atoms. The van der Waals surface area contributed by atoms with Crippen molar-refractivity contribution in [2.75, 3.05) is 10.6 Å². The van der Waals surface area contributed by atoms with Crippen molar-refractivity contribution < 1.29 is 9.18 Å². The molecule has 5 rings (SSSR count). The summed E-state index contributed by atoms with van der Waals surface area (Å²) in [4.78, 5) is 22.1. The molecule has 3 heterocycles. The zero-order valence-corrected chi connectivity index (χ0v) is 18.9. The van der Waals surface area contributed by atoms with Gasteiger partial charge in [0.05, 0.1) is 6.04 Å². The molecule has 1 aliphatic heterocycles. The fourth-order valence-electron chi connectivity index (χ4n) is 3.89. The minimum atomic E-state index is -0.652. The molecule has 0 bridgehead atoms. The van der Waals surface area contributed by atoms with Crippen molar-refractivity contribution in [1.29, 1.82) is 0 Å². The van der Waals surface area contributed by atoms with E-state index in [-0.39, 0.29) is 11.7 Å². The molecule has 0 spiro atoms. The number of para-hydroxylation sites is 1. The van der Waals surface area contributed by atoms with Crippen molar-refractivity contribution in [2.24, 2.45) is 5.92 Å². The number of anilines is 2. The summed E-state index contributed by atoms with van der Waals surface area (Å²) < 4.78 is 15.7. The highest BCUT2D eigenvalue weighted by molar-refractivity contribution is 7.98. The van der Waals surface area contributed by atoms with E-state index in [0.29, 0.717) is 33.8 Å². The van der Waals surface area contributed by atoms with Crippen LogP contribution >= 0.6 is 11.8 Å². The zero-order valence-electron chi connectivity index (χ0n) is 18.1. The van der Waals surface area contributed by atoms with Gasteiger partial charge in [-0.15, -0.1) is 5.10 Å². The van der Waals surface area contributed by atoms with Gasteiger partial charge in [-0.25, -0.2) is 9.07 Å². The number of benzene rings is 2. The lowest BCUT2D eigenvalue weighted by molar-refractivity contribution is -0.119. The number of carbonyl (C=O) groups is 1. The average Bonchev–Trinajstić information content (AvgIpc) is 3.26. The van der Waals surface area contributed by atoms with Crippen molar-refractivity contribution in [1.82, 2.24) is 19.7 Å². The lowest BCUT2D eigenvalue weighted by Crippen LogP contribution is -2.39. The van der Waals surface area contributed by atoms with Crippen LogP contribution in [-0.4, -0.2) is 25.7 Å². The standard InChI is InChI=1S/C25H21FN6OS/c1-16-21(23(33)29-19-8-3-2-4-9-19)22(17-11-13-27-14-12-17)32-24(28-16)30-25(31-32)34-15-18-7-5-6-10-20(18)26/h2-14,21-22H,1,15H2,(H,29,33)(H,28,30,31). The summed E-state index contributed by atoms with van der Waals surface area (Å²) in [5, 5.41) is 11.2. The second kappa shape index (κ2) is 9.48. The van der Waals surface area contributed by atoms with Gasteiger partial charge in [-0.05, 0) is 41.5 Å². The Kier molecular flexibility index (Phi) is 6.09. The molecule has 2 aromatic heterocycles. The molecular weight excluding hydrogens is 451 g/mol. The van der Waals surface area contributed by atoms with Gasteiger partial charge in [0.25, 0.3) is 0 Å². The maximum atomic E-state index is 14.0. The summed E-state index contributed by atoms with van der Waals surface area (Å²) in [5.41, 5.74) is 2.63. The number of hydrogen-bond acceptors (Lipinski definition) is 6. The van der Waals surface area contributed by atoms with Crippen LogP contribution in [0, 0.1) is 11.7 Å². The Bertz CT molecular complexity index is 1330. The first-order valence-corrected chi connectivity index (χ1v) is 11.6. The fraction of sp³-hybridized carbons (Fsp3) is 0.120. The van der Waals surface area contributed by atoms with Crippen molar-refractivity contribution >= 4 is 29.3 Å². The SMILES string of the molecule is C=C1Nc2nc(SCc3ccccc3F)nn2C(c2ccncc2)C1C(=O)Nc1ccccc1. The normalized spacial score (nSPS) is 17.0. The molecule has 0 radical (unpaired) electrons. The Morgan fingerprint density at radius 2 is 1.82 bits per heavy atom. The quantitative estimate of drug-likeness (QED) is 0.389. The largest absolute Gasteiger partial charge is 0.328 e. The van der Waals surface area contributed by atoms with Crippen LogP contribution in [0.15, 0.2) is 96.6 Å². The highest BCUT2D eigenvalue weighted by Gasteiger charge is 2.40. The zero-order chi connectivity index (χ0) is 23.5. The third kappa shape index (κ3) is 4.42. The summed E-state index contributed by atoms with van der Waals surface area (Å²) in [6.45, 7) is 4.12. The van der Waals surface area contributed by atoms with E-state index in [1.165, 1.54) is 17.8 Å². The molecule has 0 fully saturated rings. The molecule has 1 amide bonds. The maximum absolute atomic E-state index is 14.0. The van der Waals surface area contributed by atoms with E-state index in [1.54, 1.807) is 35.3 Å². The van der Waals surface area contributed by atoms with Crippen LogP contribution in [0.5, 0.6) is 0 Å². The van der Waals surface area contributed by atoms with Crippen LogP contribution in [0.3, 0.4) is 0 Å². The van der Waals surface area contributed by atoms with Crippen molar-refractivity contribution in [3.63, 3.8) is 0 Å². The Morgan fingerprint density at radius 3 is 2.59 bits per heavy atom. The Balaban J connectivity index is 1.47. The molecule has 2 N–H and O–H groups in total. The van der Waals surface area contributed by atoms with E-state index >= 15 is 0 Å². The van der Waals surface area contributed by atoms with Crippen molar-refractivity contribution in [3.8, 4) is 0 Å². The second-order valence-electron chi connectivity index (χ2n) is 7.75. The van der Waals surface area contributed by atoms with Gasteiger partial charge in [0.2, 0.25) is 17.0 Å². The molecule has 4 aromatic rings. The number of nitrogens with one attached hydrogen (secondary N) is 2. The minimum absolute atomic E-state index is 0.216. The van der Waals surface area contributed by atoms with Crippen LogP contribution in [0.25, 0.3) is 0 Å². The van der Waals surface area contributed by atoms with E-state index in [9.17, 15) is 9.18 Å². The molecule has 0 aliphatic carbocycles. The predicted molar refractivity (Wildman–Crippen MR) is 130 cm³/mol. The second-order valence-corrected chi connectivity index (χ2v) is 8.69. The molecule has 7 nitrogen and oxygen atoms in total. The molecule has 0 saturated carbocycles. The number of rotatable bonds is 6. The van der Waals surface area contributed by atoms with Crippen LogP contribution in [0.1, 0.15) is 17.2 Å². The van der Waals surface area contributed by atoms with Gasteiger partial charge in [-0.3, -0.25) is 9.78 Å². The van der Waals surface area contributed by atoms with Gasteiger partial charge in [0.1, 0.15) is 11.7 Å². The molecule has 1 aliphatic rings. The number of aromatic nitrogens is 4. The number of thioether (sulfide) groups is 1. The number of amides is 1. The van der Waals surface area contributed by atoms with E-state index in [4.69, 9.17) is 0 Å². The first-order chi connectivity index (χ1) is 16.6. The van der Waals surface area contributed by atoms with E-state index in [0.717, 1.165) is 5.56 Å². The summed E-state index contributed by atoms with van der Waals surface area (Å²) in [5.74, 6) is -0.271. The van der Waals surface area contributed by atoms with Gasteiger partial charge in [0, 0.05) is 29.5 Å². The molecule has 0 saturated heterocycles. The molecule has 9 heteroatoms. The highest BCUT2D eigenvalue weighted by Crippen LogP contribution is 2.39. The lowest BCUT2D eigenvalue weighted by Gasteiger charge is -2.33. The predicted octanol–water partition coefficient (Wildman–Crippen LogP) is 4.89. The first-order valence-electron chi connectivity index (χ1n) is 10.6. The molecule has 2 unspecified atom stereocenters. The number of fused-ring (bicyclic) bond motifs is 1. The van der Waals surface area contributed by atoms with E-state index in [2.05, 4.69) is 32.3 Å². The number of halogens is 1. The maximum Gasteiger partial charge on any atom is 0.235 e. The highest BCUT2D eigenvalue weighted by atomic mass is 32.2. The molecule has 2 aromatic carbocycles. The Morgan fingerprint density at radius 1 is 1.09 bits per heavy atom. The van der Waals surface area contributed by atoms with E-state index in [1.807, 2.05) is 42.5 Å². The number of hydrogen-bond donors (Lipinski definition) is 2. The van der Waals surface area contributed by atoms with Gasteiger partial charge in [-0.2, -0.15) is 4.98 Å². The summed E-state index contributed by atoms with van der Waals surface area (Å²) in [6, 6.07) is 19.1. The third-order valence-electron chi connectivity index (χ3n) is 5.52. The van der Waals surface area contributed by atoms with Crippen LogP contribution in [0.4, 0.5) is 16.0 Å². The van der Waals surface area contributed by atoms with Crippen molar-refractivity contribution in [3.05, 3.63) is 108 Å². The average molecular weight is 473 g/mol. The lowest BCUT2D eigenvalue weighted by atomic mass is 9.89. The number of carbonyl (C=O) groups excluding carboxylic acids is 1. The van der Waals surface area contributed by atoms with Gasteiger partial charge >= 0.3 is 0 Å². The van der Waals surface area contributed by atoms with Gasteiger partial charge < -0.3 is 10.6 Å². The molecular formula is C25H21FN6OS. The first kappa shape index (κ1) is 21.8.